The number of benzene rings is 1. The van der Waals surface area contributed by atoms with E-state index in [0.717, 1.165) is 12.8 Å². The minimum Gasteiger partial charge on any atom is -0.481 e. The number of carbonyl (C=O) groups is 2. The molecule has 2 fully saturated rings. The van der Waals surface area contributed by atoms with Crippen molar-refractivity contribution in [2.75, 3.05) is 13.1 Å². The molecule has 1 heterocycles. The van der Waals surface area contributed by atoms with Crippen LogP contribution < -0.4 is 0 Å². The number of carbonyl (C=O) groups excluding carboxylic acids is 1. The van der Waals surface area contributed by atoms with E-state index in [1.54, 1.807) is 17.0 Å². The van der Waals surface area contributed by atoms with Crippen molar-refractivity contribution >= 4 is 21.7 Å². The molecule has 7 heteroatoms. The van der Waals surface area contributed by atoms with Crippen LogP contribution in [0.2, 0.25) is 0 Å². The number of aliphatic carboxylic acids is 1. The number of carboxylic acids is 1. The van der Waals surface area contributed by atoms with Crippen molar-refractivity contribution in [2.24, 2.45) is 11.3 Å². The van der Waals surface area contributed by atoms with Gasteiger partial charge in [0.2, 0.25) is 0 Å². The lowest BCUT2D eigenvalue weighted by Gasteiger charge is -2.28. The van der Waals surface area contributed by atoms with Gasteiger partial charge in [0.25, 0.3) is 5.91 Å². The summed E-state index contributed by atoms with van der Waals surface area (Å²) in [5.41, 5.74) is -0.521. The third-order valence-electron chi connectivity index (χ3n) is 6.29. The van der Waals surface area contributed by atoms with E-state index in [1.165, 1.54) is 12.1 Å². The highest BCUT2D eigenvalue weighted by Gasteiger charge is 2.48. The third kappa shape index (κ3) is 3.49. The predicted octanol–water partition coefficient (Wildman–Crippen LogP) is 2.98. The van der Waals surface area contributed by atoms with Crippen LogP contribution in [-0.4, -0.2) is 48.6 Å². The molecule has 6 nitrogen and oxygen atoms in total. The van der Waals surface area contributed by atoms with E-state index in [1.807, 2.05) is 13.8 Å². The summed E-state index contributed by atoms with van der Waals surface area (Å²) in [6.45, 7) is 4.31. The molecule has 0 bridgehead atoms. The van der Waals surface area contributed by atoms with Crippen molar-refractivity contribution in [3.63, 3.8) is 0 Å². The van der Waals surface area contributed by atoms with Gasteiger partial charge in [0.05, 0.1) is 15.6 Å². The molecular formula is C20H27NO5S. The molecular weight excluding hydrogens is 366 g/mol. The number of likely N-dealkylation sites (tertiary alicyclic amines) is 1. The normalized spacial score (nSPS) is 23.9. The number of hydrogen-bond acceptors (Lipinski definition) is 4. The summed E-state index contributed by atoms with van der Waals surface area (Å²) < 4.78 is 25.3. The largest absolute Gasteiger partial charge is 0.481 e. The van der Waals surface area contributed by atoms with Crippen LogP contribution in [0.25, 0.3) is 0 Å². The Labute approximate surface area is 160 Å². The van der Waals surface area contributed by atoms with E-state index >= 15 is 0 Å². The van der Waals surface area contributed by atoms with Gasteiger partial charge >= 0.3 is 5.97 Å². The van der Waals surface area contributed by atoms with Gasteiger partial charge in [0.1, 0.15) is 0 Å². The molecule has 0 radical (unpaired) electrons. The fourth-order valence-corrected chi connectivity index (χ4v) is 6.11. The Morgan fingerprint density at radius 2 is 1.74 bits per heavy atom. The van der Waals surface area contributed by atoms with Gasteiger partial charge < -0.3 is 10.0 Å². The van der Waals surface area contributed by atoms with E-state index < -0.39 is 21.2 Å². The van der Waals surface area contributed by atoms with Gasteiger partial charge in [0, 0.05) is 18.7 Å². The summed E-state index contributed by atoms with van der Waals surface area (Å²) in [5, 5.41) is 9.31. The molecule has 1 saturated carbocycles. The zero-order valence-electron chi connectivity index (χ0n) is 15.8. The Morgan fingerprint density at radius 3 is 2.22 bits per heavy atom. The van der Waals surface area contributed by atoms with Crippen LogP contribution in [0.4, 0.5) is 0 Å². The third-order valence-corrected chi connectivity index (χ3v) is 8.57. The summed E-state index contributed by atoms with van der Waals surface area (Å²) in [6, 6.07) is 6.09. The highest BCUT2D eigenvalue weighted by atomic mass is 32.2. The summed E-state index contributed by atoms with van der Waals surface area (Å²) in [7, 11) is -3.34. The molecule has 2 aliphatic rings. The maximum absolute atomic E-state index is 12.8. The zero-order chi connectivity index (χ0) is 19.8. The Hall–Kier alpha value is -1.89. The van der Waals surface area contributed by atoms with E-state index in [9.17, 15) is 23.1 Å². The molecule has 148 valence electrons. The maximum Gasteiger partial charge on any atom is 0.311 e. The van der Waals surface area contributed by atoms with Gasteiger partial charge in [-0.2, -0.15) is 0 Å². The van der Waals surface area contributed by atoms with E-state index in [4.69, 9.17) is 0 Å². The predicted molar refractivity (Wildman–Crippen MR) is 101 cm³/mol. The van der Waals surface area contributed by atoms with Crippen molar-refractivity contribution in [3.8, 4) is 0 Å². The summed E-state index contributed by atoms with van der Waals surface area (Å²) in [6.07, 6.45) is 3.71. The van der Waals surface area contributed by atoms with Crippen molar-refractivity contribution in [2.45, 2.75) is 56.1 Å². The molecule has 1 unspecified atom stereocenters. The number of rotatable bonds is 5. The molecule has 3 rings (SSSR count). The molecule has 1 aromatic carbocycles. The monoisotopic (exact) mass is 393 g/mol. The van der Waals surface area contributed by atoms with E-state index in [0.29, 0.717) is 31.4 Å². The summed E-state index contributed by atoms with van der Waals surface area (Å²) in [5.74, 6) is -1.19. The summed E-state index contributed by atoms with van der Waals surface area (Å²) in [4.78, 5) is 26.3. The van der Waals surface area contributed by atoms with Gasteiger partial charge in [-0.05, 0) is 49.4 Å². The SMILES string of the molecule is CC(C)C1(C(=O)O)CCN(C(=O)c2ccc(S(=O)(=O)C3CCCC3)cc2)C1. The molecule has 1 N–H and O–H groups in total. The second-order valence-corrected chi connectivity index (χ2v) is 10.3. The molecule has 0 spiro atoms. The standard InChI is InChI=1S/C20H27NO5S/c1-14(2)20(19(23)24)11-12-21(13-20)18(22)15-7-9-17(10-8-15)27(25,26)16-5-3-4-6-16/h7-10,14,16H,3-6,11-13H2,1-2H3,(H,23,24). The first-order valence-electron chi connectivity index (χ1n) is 9.55. The number of nitrogens with zero attached hydrogens (tertiary/aromatic N) is 1. The molecule has 1 saturated heterocycles. The van der Waals surface area contributed by atoms with Gasteiger partial charge in [-0.3, -0.25) is 9.59 Å². The van der Waals surface area contributed by atoms with Crippen LogP contribution in [0.5, 0.6) is 0 Å². The lowest BCUT2D eigenvalue weighted by Crippen LogP contribution is -2.40. The Bertz CT molecular complexity index is 824. The Kier molecular flexibility index (Phi) is 5.34. The molecule has 0 aromatic heterocycles. The number of hydrogen-bond donors (Lipinski definition) is 1. The number of carboxylic acid groups (broad SMARTS) is 1. The number of amides is 1. The maximum atomic E-state index is 12.8. The highest BCUT2D eigenvalue weighted by molar-refractivity contribution is 7.92. The minimum absolute atomic E-state index is 0.0771. The minimum atomic E-state index is -3.34. The topological polar surface area (TPSA) is 91.8 Å². The molecule has 1 atom stereocenters. The van der Waals surface area contributed by atoms with Crippen molar-refractivity contribution < 1.29 is 23.1 Å². The second kappa shape index (κ2) is 7.26. The fourth-order valence-electron chi connectivity index (χ4n) is 4.26. The first-order chi connectivity index (χ1) is 12.7. The smallest absolute Gasteiger partial charge is 0.311 e. The van der Waals surface area contributed by atoms with Crippen LogP contribution in [0.15, 0.2) is 29.2 Å². The van der Waals surface area contributed by atoms with Crippen molar-refractivity contribution in [1.82, 2.24) is 4.90 Å². The van der Waals surface area contributed by atoms with Crippen molar-refractivity contribution in [1.29, 1.82) is 0 Å². The van der Waals surface area contributed by atoms with Crippen LogP contribution in [0, 0.1) is 11.3 Å². The summed E-state index contributed by atoms with van der Waals surface area (Å²) >= 11 is 0. The molecule has 1 aliphatic carbocycles. The van der Waals surface area contributed by atoms with Crippen molar-refractivity contribution in [3.05, 3.63) is 29.8 Å². The quantitative estimate of drug-likeness (QED) is 0.830. The fraction of sp³-hybridized carbons (Fsp3) is 0.600. The number of sulfone groups is 1. The average Bonchev–Trinajstić information content (AvgIpc) is 3.32. The zero-order valence-corrected chi connectivity index (χ0v) is 16.7. The Balaban J connectivity index is 1.76. The van der Waals surface area contributed by atoms with Gasteiger partial charge in [0.15, 0.2) is 9.84 Å². The molecule has 27 heavy (non-hydrogen) atoms. The van der Waals surface area contributed by atoms with E-state index in [-0.39, 0.29) is 28.5 Å². The highest BCUT2D eigenvalue weighted by Crippen LogP contribution is 2.38. The van der Waals surface area contributed by atoms with Crippen LogP contribution in [0.3, 0.4) is 0 Å². The first-order valence-corrected chi connectivity index (χ1v) is 11.1. The van der Waals surface area contributed by atoms with Crippen LogP contribution >= 0.6 is 0 Å². The van der Waals surface area contributed by atoms with Crippen LogP contribution in [-0.2, 0) is 14.6 Å². The molecule has 1 amide bonds. The van der Waals surface area contributed by atoms with Crippen LogP contribution in [0.1, 0.15) is 56.3 Å². The van der Waals surface area contributed by atoms with E-state index in [2.05, 4.69) is 0 Å². The second-order valence-electron chi connectivity index (χ2n) is 8.07. The van der Waals surface area contributed by atoms with Gasteiger partial charge in [-0.1, -0.05) is 26.7 Å². The Morgan fingerprint density at radius 1 is 1.15 bits per heavy atom. The first kappa shape index (κ1) is 19.9. The van der Waals surface area contributed by atoms with Gasteiger partial charge in [-0.25, -0.2) is 8.42 Å². The molecule has 1 aromatic rings. The lowest BCUT2D eigenvalue weighted by molar-refractivity contribution is -0.150. The molecule has 1 aliphatic heterocycles. The average molecular weight is 394 g/mol. The lowest BCUT2D eigenvalue weighted by atomic mass is 9.76. The van der Waals surface area contributed by atoms with Gasteiger partial charge in [-0.15, -0.1) is 0 Å².